The minimum atomic E-state index is -0.728. The van der Waals surface area contributed by atoms with Crippen LogP contribution in [-0.2, 0) is 4.74 Å². The van der Waals surface area contributed by atoms with Crippen molar-refractivity contribution >= 4 is 23.5 Å². The average molecular weight is 460 g/mol. The lowest BCUT2D eigenvalue weighted by atomic mass is 10.1. The molecule has 3 N–H and O–H groups in total. The zero-order valence-electron chi connectivity index (χ0n) is 17.4. The van der Waals surface area contributed by atoms with Crippen molar-refractivity contribution in [1.82, 2.24) is 19.9 Å². The minimum absolute atomic E-state index is 0.0748. The van der Waals surface area contributed by atoms with Crippen molar-refractivity contribution in [1.29, 1.82) is 0 Å². The second-order valence-electron chi connectivity index (χ2n) is 7.59. The molecule has 0 aliphatic carbocycles. The number of ether oxygens (including phenoxy) is 1. The molecule has 3 heterocycles. The Hall–Kier alpha value is -3.01. The molecule has 2 aromatic heterocycles. The van der Waals surface area contributed by atoms with Gasteiger partial charge in [0.1, 0.15) is 11.6 Å². The zero-order valence-corrected chi connectivity index (χ0v) is 18.1. The highest BCUT2D eigenvalue weighted by atomic mass is 35.5. The fourth-order valence-corrected chi connectivity index (χ4v) is 3.65. The summed E-state index contributed by atoms with van der Waals surface area (Å²) >= 11 is 5.82. The summed E-state index contributed by atoms with van der Waals surface area (Å²) in [5.74, 6) is 0.181. The zero-order chi connectivity index (χ0) is 22.7. The largest absolute Gasteiger partial charge is 0.394 e. The average Bonchev–Trinajstić information content (AvgIpc) is 3.47. The molecule has 1 amide bonds. The first-order valence-corrected chi connectivity index (χ1v) is 10.6. The van der Waals surface area contributed by atoms with E-state index in [4.69, 9.17) is 16.3 Å². The summed E-state index contributed by atoms with van der Waals surface area (Å²) in [7, 11) is 0. The number of nitrogens with zero attached hydrogens (tertiary/aromatic N) is 3. The van der Waals surface area contributed by atoms with Crippen LogP contribution in [-0.4, -0.2) is 51.4 Å². The van der Waals surface area contributed by atoms with E-state index in [9.17, 15) is 14.3 Å². The number of anilines is 1. The van der Waals surface area contributed by atoms with E-state index in [1.807, 2.05) is 6.92 Å². The van der Waals surface area contributed by atoms with Gasteiger partial charge < -0.3 is 25.0 Å². The number of nitrogens with one attached hydrogen (secondary N) is 2. The Morgan fingerprint density at radius 2 is 2.28 bits per heavy atom. The highest BCUT2D eigenvalue weighted by Gasteiger charge is 2.19. The van der Waals surface area contributed by atoms with Gasteiger partial charge in [-0.05, 0) is 37.1 Å². The van der Waals surface area contributed by atoms with Crippen molar-refractivity contribution in [3.63, 3.8) is 0 Å². The number of hydrogen-bond acceptors (Lipinski definition) is 6. The maximum atomic E-state index is 13.4. The highest BCUT2D eigenvalue weighted by molar-refractivity contribution is 6.30. The van der Waals surface area contributed by atoms with Crippen LogP contribution in [0.5, 0.6) is 0 Å². The molecule has 1 aliphatic rings. The third-order valence-electron chi connectivity index (χ3n) is 5.24. The number of benzene rings is 1. The van der Waals surface area contributed by atoms with Gasteiger partial charge in [0.25, 0.3) is 5.91 Å². The van der Waals surface area contributed by atoms with Crippen molar-refractivity contribution in [3.8, 4) is 5.82 Å². The molecule has 2 atom stereocenters. The molecule has 32 heavy (non-hydrogen) atoms. The summed E-state index contributed by atoms with van der Waals surface area (Å²) in [6.07, 6.45) is 6.00. The minimum Gasteiger partial charge on any atom is -0.394 e. The molecule has 0 bridgehead atoms. The second kappa shape index (κ2) is 9.64. The van der Waals surface area contributed by atoms with Crippen LogP contribution < -0.4 is 10.6 Å². The molecule has 1 aromatic carbocycles. The van der Waals surface area contributed by atoms with E-state index in [-0.39, 0.29) is 17.7 Å². The molecular formula is C22H23ClFN5O3. The molecule has 168 valence electrons. The van der Waals surface area contributed by atoms with E-state index in [0.29, 0.717) is 36.1 Å². The van der Waals surface area contributed by atoms with Gasteiger partial charge >= 0.3 is 0 Å². The first-order chi connectivity index (χ1) is 15.4. The van der Waals surface area contributed by atoms with E-state index in [2.05, 4.69) is 20.6 Å². The maximum absolute atomic E-state index is 13.4. The SMILES string of the molecule is Cc1cnc(NC2CCOC2)nc1-n1ccc(C(=O)NC(CO)c2ccc(F)c(Cl)c2)c1. The Kier molecular flexibility index (Phi) is 6.69. The van der Waals surface area contributed by atoms with Crippen LogP contribution in [0.25, 0.3) is 5.82 Å². The molecule has 1 aliphatic heterocycles. The molecule has 0 radical (unpaired) electrons. The molecular weight excluding hydrogens is 437 g/mol. The van der Waals surface area contributed by atoms with Gasteiger partial charge in [-0.2, -0.15) is 4.98 Å². The topological polar surface area (TPSA) is 101 Å². The van der Waals surface area contributed by atoms with Gasteiger partial charge in [0.05, 0.1) is 35.9 Å². The lowest BCUT2D eigenvalue weighted by Crippen LogP contribution is -2.30. The summed E-state index contributed by atoms with van der Waals surface area (Å²) in [6, 6.07) is 5.16. The van der Waals surface area contributed by atoms with Crippen molar-refractivity contribution in [2.75, 3.05) is 25.1 Å². The maximum Gasteiger partial charge on any atom is 0.253 e. The van der Waals surface area contributed by atoms with Gasteiger partial charge in [-0.3, -0.25) is 4.79 Å². The molecule has 2 unspecified atom stereocenters. The van der Waals surface area contributed by atoms with Gasteiger partial charge in [0.2, 0.25) is 5.95 Å². The highest BCUT2D eigenvalue weighted by Crippen LogP contribution is 2.22. The molecule has 0 spiro atoms. The van der Waals surface area contributed by atoms with Gasteiger partial charge in [0, 0.05) is 30.8 Å². The molecule has 0 saturated carbocycles. The van der Waals surface area contributed by atoms with Crippen molar-refractivity contribution < 1.29 is 19.0 Å². The monoisotopic (exact) mass is 459 g/mol. The summed E-state index contributed by atoms with van der Waals surface area (Å²) in [6.45, 7) is 2.86. The molecule has 8 nitrogen and oxygen atoms in total. The Morgan fingerprint density at radius 1 is 1.44 bits per heavy atom. The van der Waals surface area contributed by atoms with E-state index in [1.165, 1.54) is 18.2 Å². The summed E-state index contributed by atoms with van der Waals surface area (Å²) < 4.78 is 20.5. The van der Waals surface area contributed by atoms with E-state index < -0.39 is 17.8 Å². The number of carbonyl (C=O) groups excluding carboxylic acids is 1. The van der Waals surface area contributed by atoms with E-state index in [1.54, 1.807) is 29.2 Å². The normalized spacial score (nSPS) is 16.7. The Balaban J connectivity index is 1.50. The first kappa shape index (κ1) is 22.2. The number of carbonyl (C=O) groups is 1. The van der Waals surface area contributed by atoms with Crippen LogP contribution in [0.2, 0.25) is 5.02 Å². The smallest absolute Gasteiger partial charge is 0.253 e. The summed E-state index contributed by atoms with van der Waals surface area (Å²) in [5.41, 5.74) is 1.73. The number of aliphatic hydroxyl groups excluding tert-OH is 1. The number of aryl methyl sites for hydroxylation is 1. The number of hydrogen-bond donors (Lipinski definition) is 3. The van der Waals surface area contributed by atoms with Crippen LogP contribution in [0, 0.1) is 12.7 Å². The van der Waals surface area contributed by atoms with Crippen LogP contribution in [0.4, 0.5) is 10.3 Å². The summed E-state index contributed by atoms with van der Waals surface area (Å²) in [4.78, 5) is 21.7. The third-order valence-corrected chi connectivity index (χ3v) is 5.53. The molecule has 3 aromatic rings. The number of halogens is 2. The first-order valence-electron chi connectivity index (χ1n) is 10.2. The molecule has 1 fully saturated rings. The quantitative estimate of drug-likeness (QED) is 0.502. The Bertz CT molecular complexity index is 1120. The fraction of sp³-hybridized carbons (Fsp3) is 0.318. The predicted octanol–water partition coefficient (Wildman–Crippen LogP) is 3.03. The Morgan fingerprint density at radius 3 is 3.00 bits per heavy atom. The van der Waals surface area contributed by atoms with Gasteiger partial charge in [-0.25, -0.2) is 9.37 Å². The lowest BCUT2D eigenvalue weighted by Gasteiger charge is -2.17. The van der Waals surface area contributed by atoms with Crippen LogP contribution in [0.3, 0.4) is 0 Å². The van der Waals surface area contributed by atoms with Crippen molar-refractivity contribution in [2.45, 2.75) is 25.4 Å². The fourth-order valence-electron chi connectivity index (χ4n) is 3.46. The number of aliphatic hydroxyl groups is 1. The number of amides is 1. The molecule has 4 rings (SSSR count). The molecule has 10 heteroatoms. The third kappa shape index (κ3) is 4.90. The van der Waals surface area contributed by atoms with Crippen LogP contribution in [0.1, 0.15) is 33.9 Å². The van der Waals surface area contributed by atoms with Gasteiger partial charge in [-0.1, -0.05) is 17.7 Å². The van der Waals surface area contributed by atoms with E-state index >= 15 is 0 Å². The van der Waals surface area contributed by atoms with Crippen molar-refractivity contribution in [2.24, 2.45) is 0 Å². The van der Waals surface area contributed by atoms with Crippen LogP contribution >= 0.6 is 11.6 Å². The lowest BCUT2D eigenvalue weighted by molar-refractivity contribution is 0.0916. The number of rotatable bonds is 7. The standard InChI is InChI=1S/C22H23ClFN5O3/c1-13-9-25-22(26-16-5-7-32-12-16)28-20(13)29-6-4-15(10-29)21(31)27-19(11-30)14-2-3-18(24)17(23)8-14/h2-4,6,8-10,16,19,30H,5,7,11-12H2,1H3,(H,27,31)(H,25,26,28). The summed E-state index contributed by atoms with van der Waals surface area (Å²) in [5, 5.41) is 15.6. The van der Waals surface area contributed by atoms with Crippen molar-refractivity contribution in [3.05, 3.63) is 70.4 Å². The second-order valence-corrected chi connectivity index (χ2v) is 8.00. The van der Waals surface area contributed by atoms with Gasteiger partial charge in [-0.15, -0.1) is 0 Å². The molecule has 1 saturated heterocycles. The van der Waals surface area contributed by atoms with Crippen LogP contribution in [0.15, 0.2) is 42.9 Å². The predicted molar refractivity (Wildman–Crippen MR) is 118 cm³/mol. The number of aromatic nitrogens is 3. The Labute approximate surface area is 189 Å². The van der Waals surface area contributed by atoms with Gasteiger partial charge in [0.15, 0.2) is 0 Å². The van der Waals surface area contributed by atoms with E-state index in [0.717, 1.165) is 12.0 Å².